The summed E-state index contributed by atoms with van der Waals surface area (Å²) in [5.74, 6) is 0. The van der Waals surface area contributed by atoms with Crippen molar-refractivity contribution in [2.45, 2.75) is 27.7 Å². The SMILES string of the molecule is C=C(/C=C\C=C/C)c1cc(-c2ccc(C)c(-c3ccccc3C)c2)ccc1C. The van der Waals surface area contributed by atoms with Crippen LogP contribution in [0.5, 0.6) is 0 Å². The van der Waals surface area contributed by atoms with Gasteiger partial charge in [-0.1, -0.05) is 79.4 Å². The molecule has 0 radical (unpaired) electrons. The Hall–Kier alpha value is -3.12. The molecule has 0 heterocycles. The number of allylic oxidation sites excluding steroid dienone is 5. The van der Waals surface area contributed by atoms with Crippen LogP contribution in [0.25, 0.3) is 27.8 Å². The summed E-state index contributed by atoms with van der Waals surface area (Å²) in [6.45, 7) is 12.8. The minimum atomic E-state index is 1.03. The summed E-state index contributed by atoms with van der Waals surface area (Å²) in [5.41, 5.74) is 11.1. The molecule has 0 aliphatic heterocycles. The van der Waals surface area contributed by atoms with E-state index < -0.39 is 0 Å². The van der Waals surface area contributed by atoms with E-state index in [0.29, 0.717) is 0 Å². The van der Waals surface area contributed by atoms with E-state index in [1.54, 1.807) is 0 Å². The summed E-state index contributed by atoms with van der Waals surface area (Å²) in [5, 5.41) is 0. The maximum atomic E-state index is 4.26. The molecule has 0 aliphatic rings. The number of aryl methyl sites for hydroxylation is 3. The molecular formula is C28H28. The topological polar surface area (TPSA) is 0 Å². The highest BCUT2D eigenvalue weighted by Gasteiger charge is 2.09. The molecule has 0 N–H and O–H groups in total. The van der Waals surface area contributed by atoms with Crippen LogP contribution in [0.3, 0.4) is 0 Å². The van der Waals surface area contributed by atoms with Gasteiger partial charge in [0, 0.05) is 0 Å². The van der Waals surface area contributed by atoms with Crippen LogP contribution in [0.1, 0.15) is 29.2 Å². The first-order chi connectivity index (χ1) is 13.5. The summed E-state index contributed by atoms with van der Waals surface area (Å²) in [6.07, 6.45) is 8.15. The van der Waals surface area contributed by atoms with Gasteiger partial charge in [-0.3, -0.25) is 0 Å². The lowest BCUT2D eigenvalue weighted by Gasteiger charge is -2.14. The van der Waals surface area contributed by atoms with E-state index in [2.05, 4.69) is 94.1 Å². The second-order valence-corrected chi connectivity index (χ2v) is 7.28. The van der Waals surface area contributed by atoms with Gasteiger partial charge in [0.15, 0.2) is 0 Å². The number of hydrogen-bond donors (Lipinski definition) is 0. The second kappa shape index (κ2) is 8.71. The average molecular weight is 365 g/mol. The minimum absolute atomic E-state index is 1.03. The molecule has 0 unspecified atom stereocenters. The van der Waals surface area contributed by atoms with Crippen LogP contribution in [0.4, 0.5) is 0 Å². The molecule has 3 rings (SSSR count). The quantitative estimate of drug-likeness (QED) is 0.401. The van der Waals surface area contributed by atoms with Crippen LogP contribution >= 0.6 is 0 Å². The fourth-order valence-electron chi connectivity index (χ4n) is 3.49. The van der Waals surface area contributed by atoms with Crippen LogP contribution < -0.4 is 0 Å². The average Bonchev–Trinajstić information content (AvgIpc) is 2.69. The first-order valence-electron chi connectivity index (χ1n) is 9.77. The van der Waals surface area contributed by atoms with E-state index in [1.807, 2.05) is 25.2 Å². The molecule has 0 saturated heterocycles. The van der Waals surface area contributed by atoms with Gasteiger partial charge >= 0.3 is 0 Å². The van der Waals surface area contributed by atoms with Crippen molar-refractivity contribution in [3.63, 3.8) is 0 Å². The summed E-state index contributed by atoms with van der Waals surface area (Å²) < 4.78 is 0. The van der Waals surface area contributed by atoms with E-state index in [1.165, 1.54) is 44.5 Å². The third-order valence-corrected chi connectivity index (χ3v) is 5.19. The highest BCUT2D eigenvalue weighted by molar-refractivity contribution is 5.81. The predicted octanol–water partition coefficient (Wildman–Crippen LogP) is 8.09. The normalized spacial score (nSPS) is 11.4. The molecule has 0 heteroatoms. The molecule has 0 aromatic heterocycles. The lowest BCUT2D eigenvalue weighted by molar-refractivity contribution is 1.40. The van der Waals surface area contributed by atoms with Crippen molar-refractivity contribution in [3.8, 4) is 22.3 Å². The van der Waals surface area contributed by atoms with Crippen LogP contribution in [0, 0.1) is 20.8 Å². The summed E-state index contributed by atoms with van der Waals surface area (Å²) in [4.78, 5) is 0. The molecule has 0 saturated carbocycles. The number of hydrogen-bond acceptors (Lipinski definition) is 0. The largest absolute Gasteiger partial charge is 0.0911 e. The number of benzene rings is 3. The van der Waals surface area contributed by atoms with E-state index >= 15 is 0 Å². The van der Waals surface area contributed by atoms with E-state index in [9.17, 15) is 0 Å². The summed E-state index contributed by atoms with van der Waals surface area (Å²) >= 11 is 0. The molecular weight excluding hydrogens is 336 g/mol. The van der Waals surface area contributed by atoms with Crippen molar-refractivity contribution in [3.05, 3.63) is 114 Å². The highest BCUT2D eigenvalue weighted by atomic mass is 14.1. The summed E-state index contributed by atoms with van der Waals surface area (Å²) in [6, 6.07) is 22.0. The van der Waals surface area contributed by atoms with Gasteiger partial charge in [0.25, 0.3) is 0 Å². The second-order valence-electron chi connectivity index (χ2n) is 7.28. The Balaban J connectivity index is 2.05. The molecule has 0 aliphatic carbocycles. The Bertz CT molecular complexity index is 1060. The third kappa shape index (κ3) is 4.23. The van der Waals surface area contributed by atoms with Gasteiger partial charge in [0.2, 0.25) is 0 Å². The third-order valence-electron chi connectivity index (χ3n) is 5.19. The molecule has 0 bridgehead atoms. The predicted molar refractivity (Wildman–Crippen MR) is 125 cm³/mol. The van der Waals surface area contributed by atoms with Crippen LogP contribution in [-0.2, 0) is 0 Å². The van der Waals surface area contributed by atoms with Gasteiger partial charge in [-0.25, -0.2) is 0 Å². The number of rotatable bonds is 5. The Morgan fingerprint density at radius 2 is 1.36 bits per heavy atom. The van der Waals surface area contributed by atoms with Crippen LogP contribution in [0.2, 0.25) is 0 Å². The Labute approximate surface area is 169 Å². The van der Waals surface area contributed by atoms with E-state index in [4.69, 9.17) is 0 Å². The van der Waals surface area contributed by atoms with E-state index in [0.717, 1.165) is 5.57 Å². The fraction of sp³-hybridized carbons (Fsp3) is 0.143. The van der Waals surface area contributed by atoms with Gasteiger partial charge < -0.3 is 0 Å². The molecule has 0 atom stereocenters. The molecule has 3 aromatic rings. The first-order valence-corrected chi connectivity index (χ1v) is 9.77. The lowest BCUT2D eigenvalue weighted by Crippen LogP contribution is -1.91. The zero-order valence-electron chi connectivity index (χ0n) is 17.3. The fourth-order valence-corrected chi connectivity index (χ4v) is 3.49. The van der Waals surface area contributed by atoms with Gasteiger partial charge in [-0.05, 0) is 89.9 Å². The van der Waals surface area contributed by atoms with Gasteiger partial charge in [0.1, 0.15) is 0 Å². The highest BCUT2D eigenvalue weighted by Crippen LogP contribution is 2.33. The van der Waals surface area contributed by atoms with E-state index in [-0.39, 0.29) is 0 Å². The smallest absolute Gasteiger partial charge is 0.0146 e. The zero-order valence-corrected chi connectivity index (χ0v) is 17.3. The van der Waals surface area contributed by atoms with Crippen molar-refractivity contribution < 1.29 is 0 Å². The van der Waals surface area contributed by atoms with Crippen LogP contribution in [0.15, 0.2) is 91.5 Å². The standard InChI is InChI=1S/C28H28/c1-6-7-8-11-21(3)27-18-24(16-14-22(27)4)25-17-15-23(5)28(19-25)26-13-10-9-12-20(26)2/h6-19H,3H2,1-2,4-5H3/b7-6-,11-8-. The first kappa shape index (κ1) is 19.6. The molecule has 0 fully saturated rings. The Morgan fingerprint density at radius 3 is 2.07 bits per heavy atom. The maximum Gasteiger partial charge on any atom is -0.0146 e. The lowest BCUT2D eigenvalue weighted by atomic mass is 9.91. The minimum Gasteiger partial charge on any atom is -0.0911 e. The molecule has 3 aromatic carbocycles. The Morgan fingerprint density at radius 1 is 0.714 bits per heavy atom. The van der Waals surface area contributed by atoms with Crippen molar-refractivity contribution >= 4 is 5.57 Å². The van der Waals surface area contributed by atoms with Crippen LogP contribution in [-0.4, -0.2) is 0 Å². The molecule has 0 spiro atoms. The molecule has 28 heavy (non-hydrogen) atoms. The zero-order chi connectivity index (χ0) is 20.1. The molecule has 140 valence electrons. The Kier molecular flexibility index (Phi) is 6.11. The molecule has 0 nitrogen and oxygen atoms in total. The van der Waals surface area contributed by atoms with Crippen molar-refractivity contribution in [1.29, 1.82) is 0 Å². The summed E-state index contributed by atoms with van der Waals surface area (Å²) in [7, 11) is 0. The van der Waals surface area contributed by atoms with Gasteiger partial charge in [-0.2, -0.15) is 0 Å². The van der Waals surface area contributed by atoms with Gasteiger partial charge in [-0.15, -0.1) is 0 Å². The maximum absolute atomic E-state index is 4.26. The van der Waals surface area contributed by atoms with Crippen molar-refractivity contribution in [2.24, 2.45) is 0 Å². The molecule has 0 amide bonds. The van der Waals surface area contributed by atoms with Crippen molar-refractivity contribution in [1.82, 2.24) is 0 Å². The van der Waals surface area contributed by atoms with Gasteiger partial charge in [0.05, 0.1) is 0 Å². The van der Waals surface area contributed by atoms with Crippen molar-refractivity contribution in [2.75, 3.05) is 0 Å². The monoisotopic (exact) mass is 364 g/mol.